The molecule has 0 saturated carbocycles. The smallest absolute Gasteiger partial charge is 0.167 e. The summed E-state index contributed by atoms with van der Waals surface area (Å²) >= 11 is 0. The molecule has 2 N–H and O–H groups in total. The molecule has 24 heavy (non-hydrogen) atoms. The molecule has 4 aromatic rings. The lowest BCUT2D eigenvalue weighted by molar-refractivity contribution is -0.378. The van der Waals surface area contributed by atoms with E-state index in [1.165, 1.54) is 5.56 Å². The van der Waals surface area contributed by atoms with E-state index in [1.807, 2.05) is 66.2 Å². The fraction of sp³-hybridized carbons (Fsp3) is 0.105. The van der Waals surface area contributed by atoms with E-state index >= 15 is 0 Å². The highest BCUT2D eigenvalue weighted by Crippen LogP contribution is 2.26. The zero-order valence-corrected chi connectivity index (χ0v) is 13.2. The standard InChI is InChI=1S/C19H15N5/c1-13-10-18(22-12-14-6-8-21-9-7-14)24-17-5-3-2-4-16(17)23-19(24)15(13)11-20/h2-10,22H,12H2,1H3/p+1. The second kappa shape index (κ2) is 5.67. The van der Waals surface area contributed by atoms with Crippen LogP contribution in [0.4, 0.5) is 5.82 Å². The van der Waals surface area contributed by atoms with Crippen LogP contribution in [0.3, 0.4) is 0 Å². The Hall–Kier alpha value is -3.39. The summed E-state index contributed by atoms with van der Waals surface area (Å²) in [5.74, 6) is 0.933. The maximum absolute atomic E-state index is 9.51. The van der Waals surface area contributed by atoms with Gasteiger partial charge in [-0.15, -0.1) is 0 Å². The first-order valence-electron chi connectivity index (χ1n) is 7.77. The molecule has 5 nitrogen and oxygen atoms in total. The number of hydrogen-bond donors (Lipinski definition) is 1. The van der Waals surface area contributed by atoms with Crippen LogP contribution in [0.25, 0.3) is 16.7 Å². The van der Waals surface area contributed by atoms with Gasteiger partial charge in [0.1, 0.15) is 11.9 Å². The third-order valence-electron chi connectivity index (χ3n) is 4.15. The lowest BCUT2D eigenvalue weighted by Gasteiger charge is -2.12. The Morgan fingerprint density at radius 1 is 1.21 bits per heavy atom. The highest BCUT2D eigenvalue weighted by molar-refractivity contribution is 5.85. The molecule has 3 heterocycles. The van der Waals surface area contributed by atoms with Crippen LogP contribution in [-0.2, 0) is 6.54 Å². The first-order chi connectivity index (χ1) is 11.8. The molecule has 3 aromatic heterocycles. The van der Waals surface area contributed by atoms with Crippen molar-refractivity contribution >= 4 is 22.5 Å². The first kappa shape index (κ1) is 14.2. The number of benzene rings is 1. The molecule has 116 valence electrons. The number of fused-ring (bicyclic) bond motifs is 3. The van der Waals surface area contributed by atoms with Crippen molar-refractivity contribution in [3.63, 3.8) is 0 Å². The van der Waals surface area contributed by atoms with Gasteiger partial charge in [0.15, 0.2) is 18.0 Å². The molecule has 0 bridgehead atoms. The van der Waals surface area contributed by atoms with Crippen molar-refractivity contribution in [2.24, 2.45) is 0 Å². The molecule has 0 radical (unpaired) electrons. The summed E-state index contributed by atoms with van der Waals surface area (Å²) in [7, 11) is 0. The molecule has 0 fully saturated rings. The zero-order valence-electron chi connectivity index (χ0n) is 13.2. The molecule has 0 amide bonds. The van der Waals surface area contributed by atoms with Crippen LogP contribution in [0.15, 0.2) is 54.9 Å². The molecule has 5 heteroatoms. The monoisotopic (exact) mass is 314 g/mol. The predicted molar refractivity (Wildman–Crippen MR) is 92.5 cm³/mol. The lowest BCUT2D eigenvalue weighted by Crippen LogP contribution is -2.07. The molecule has 0 aliphatic heterocycles. The summed E-state index contributed by atoms with van der Waals surface area (Å²) in [6.07, 6.45) is 3.81. The van der Waals surface area contributed by atoms with Gasteiger partial charge in [-0.1, -0.05) is 12.1 Å². The number of aryl methyl sites for hydroxylation is 1. The van der Waals surface area contributed by atoms with Crippen molar-refractivity contribution in [1.82, 2.24) is 9.38 Å². The number of aromatic nitrogens is 3. The van der Waals surface area contributed by atoms with Crippen LogP contribution in [-0.4, -0.2) is 9.38 Å². The number of para-hydroxylation sites is 2. The zero-order chi connectivity index (χ0) is 16.5. The number of pyridine rings is 2. The van der Waals surface area contributed by atoms with E-state index < -0.39 is 0 Å². The third kappa shape index (κ3) is 2.25. The number of anilines is 1. The Balaban J connectivity index is 1.90. The molecular weight excluding hydrogens is 298 g/mol. The Morgan fingerprint density at radius 3 is 2.79 bits per heavy atom. The first-order valence-corrected chi connectivity index (χ1v) is 7.77. The Bertz CT molecular complexity index is 1070. The highest BCUT2D eigenvalue weighted by atomic mass is 15.1. The van der Waals surface area contributed by atoms with E-state index in [2.05, 4.69) is 21.4 Å². The molecule has 0 unspecified atom stereocenters. The second-order valence-corrected chi connectivity index (χ2v) is 5.72. The van der Waals surface area contributed by atoms with E-state index in [0.29, 0.717) is 17.8 Å². The quantitative estimate of drug-likeness (QED) is 0.632. The van der Waals surface area contributed by atoms with Gasteiger partial charge in [-0.25, -0.2) is 9.97 Å². The summed E-state index contributed by atoms with van der Waals surface area (Å²) < 4.78 is 2.02. The topological polar surface area (TPSA) is 67.3 Å². The van der Waals surface area contributed by atoms with Gasteiger partial charge < -0.3 is 5.32 Å². The highest BCUT2D eigenvalue weighted by Gasteiger charge is 2.14. The number of H-pyrrole nitrogens is 1. The number of aromatic amines is 1. The van der Waals surface area contributed by atoms with Crippen LogP contribution >= 0.6 is 0 Å². The normalized spacial score (nSPS) is 10.8. The average molecular weight is 314 g/mol. The van der Waals surface area contributed by atoms with Crippen molar-refractivity contribution in [3.8, 4) is 6.07 Å². The molecule has 0 aliphatic carbocycles. The van der Waals surface area contributed by atoms with Gasteiger partial charge in [0.25, 0.3) is 0 Å². The van der Waals surface area contributed by atoms with Gasteiger partial charge in [-0.05, 0) is 36.2 Å². The maximum Gasteiger partial charge on any atom is 0.167 e. The summed E-state index contributed by atoms with van der Waals surface area (Å²) in [4.78, 5) is 7.68. The van der Waals surface area contributed by atoms with E-state index in [0.717, 1.165) is 22.4 Å². The van der Waals surface area contributed by atoms with Gasteiger partial charge in [-0.2, -0.15) is 5.26 Å². The molecule has 1 aromatic carbocycles. The molecule has 0 aliphatic rings. The van der Waals surface area contributed by atoms with Gasteiger partial charge in [0, 0.05) is 18.7 Å². The van der Waals surface area contributed by atoms with Crippen LogP contribution in [0.5, 0.6) is 0 Å². The third-order valence-corrected chi connectivity index (χ3v) is 4.15. The predicted octanol–water partition coefficient (Wildman–Crippen LogP) is 3.09. The van der Waals surface area contributed by atoms with E-state index in [1.54, 1.807) is 0 Å². The van der Waals surface area contributed by atoms with Crippen LogP contribution in [0.2, 0.25) is 0 Å². The van der Waals surface area contributed by atoms with Gasteiger partial charge in [-0.3, -0.25) is 4.40 Å². The fourth-order valence-corrected chi connectivity index (χ4v) is 2.96. The Kier molecular flexibility index (Phi) is 3.36. The summed E-state index contributed by atoms with van der Waals surface area (Å²) in [6, 6.07) is 16.3. The number of nitrogens with zero attached hydrogens (tertiary/aromatic N) is 3. The van der Waals surface area contributed by atoms with Crippen molar-refractivity contribution < 1.29 is 4.98 Å². The molecule has 4 rings (SSSR count). The van der Waals surface area contributed by atoms with Crippen molar-refractivity contribution in [2.45, 2.75) is 13.5 Å². The minimum atomic E-state index is 0.617. The van der Waals surface area contributed by atoms with Crippen LogP contribution in [0.1, 0.15) is 16.7 Å². The minimum absolute atomic E-state index is 0.617. The molecule has 0 spiro atoms. The summed E-state index contributed by atoms with van der Waals surface area (Å²) in [5.41, 5.74) is 5.29. The fourth-order valence-electron chi connectivity index (χ4n) is 2.96. The van der Waals surface area contributed by atoms with E-state index in [-0.39, 0.29) is 0 Å². The van der Waals surface area contributed by atoms with Gasteiger partial charge >= 0.3 is 0 Å². The maximum atomic E-state index is 9.51. The van der Waals surface area contributed by atoms with Crippen molar-refractivity contribution in [2.75, 3.05) is 5.32 Å². The largest absolute Gasteiger partial charge is 0.367 e. The second-order valence-electron chi connectivity index (χ2n) is 5.72. The van der Waals surface area contributed by atoms with Gasteiger partial charge in [0.05, 0.1) is 16.6 Å². The number of imidazole rings is 1. The average Bonchev–Trinajstić information content (AvgIpc) is 3.00. The number of hydrogen-bond acceptors (Lipinski definition) is 3. The van der Waals surface area contributed by atoms with Crippen LogP contribution in [0, 0.1) is 18.3 Å². The number of nitrogens with one attached hydrogen (secondary N) is 2. The Labute approximate surface area is 139 Å². The Morgan fingerprint density at radius 2 is 2.00 bits per heavy atom. The SMILES string of the molecule is Cc1cc(NCc2cc[nH+]cc2)n2c(nc3ccccc32)c1C#N. The van der Waals surface area contributed by atoms with E-state index in [4.69, 9.17) is 0 Å². The molecule has 0 atom stereocenters. The number of nitriles is 1. The summed E-state index contributed by atoms with van der Waals surface area (Å²) in [5, 5.41) is 13.0. The lowest BCUT2D eigenvalue weighted by atomic mass is 10.1. The summed E-state index contributed by atoms with van der Waals surface area (Å²) in [6.45, 7) is 2.64. The van der Waals surface area contributed by atoms with Gasteiger partial charge in [0.2, 0.25) is 0 Å². The van der Waals surface area contributed by atoms with E-state index in [9.17, 15) is 5.26 Å². The van der Waals surface area contributed by atoms with Crippen molar-refractivity contribution in [1.29, 1.82) is 5.26 Å². The molecular formula is C19H16N5+. The molecule has 0 saturated heterocycles. The van der Waals surface area contributed by atoms with Crippen molar-refractivity contribution in [3.05, 3.63) is 71.5 Å². The van der Waals surface area contributed by atoms with Crippen LogP contribution < -0.4 is 10.3 Å². The minimum Gasteiger partial charge on any atom is -0.367 e. The number of rotatable bonds is 3.